The molecular formula is C18H37N5O. The number of aliphatic imine (C=N–C) groups is 1. The first-order chi connectivity index (χ1) is 11.6. The number of hydrogen-bond acceptors (Lipinski definition) is 4. The summed E-state index contributed by atoms with van der Waals surface area (Å²) in [4.78, 5) is 9.80. The van der Waals surface area contributed by atoms with E-state index >= 15 is 0 Å². The summed E-state index contributed by atoms with van der Waals surface area (Å²) in [5.74, 6) is 1.63. The number of ether oxygens (including phenoxy) is 1. The number of likely N-dealkylation sites (tertiary alicyclic amines) is 1. The summed E-state index contributed by atoms with van der Waals surface area (Å²) in [6.07, 6.45) is 1.11. The van der Waals surface area contributed by atoms with Gasteiger partial charge in [-0.2, -0.15) is 0 Å². The van der Waals surface area contributed by atoms with Gasteiger partial charge in [0.2, 0.25) is 0 Å². The molecule has 0 aromatic carbocycles. The van der Waals surface area contributed by atoms with E-state index in [1.807, 2.05) is 0 Å². The van der Waals surface area contributed by atoms with Crippen LogP contribution < -0.4 is 10.6 Å². The fourth-order valence-corrected chi connectivity index (χ4v) is 3.42. The molecule has 2 aliphatic heterocycles. The molecule has 24 heavy (non-hydrogen) atoms. The highest BCUT2D eigenvalue weighted by Crippen LogP contribution is 2.18. The van der Waals surface area contributed by atoms with Gasteiger partial charge >= 0.3 is 0 Å². The molecule has 0 bridgehead atoms. The van der Waals surface area contributed by atoms with Crippen LogP contribution in [0.2, 0.25) is 0 Å². The second kappa shape index (κ2) is 10.2. The Morgan fingerprint density at radius 1 is 1.25 bits per heavy atom. The zero-order valence-electron chi connectivity index (χ0n) is 16.1. The lowest BCUT2D eigenvalue weighted by molar-refractivity contribution is 0.0377. The zero-order valence-corrected chi connectivity index (χ0v) is 16.1. The molecule has 0 amide bonds. The molecule has 0 aliphatic carbocycles. The van der Waals surface area contributed by atoms with Crippen LogP contribution in [0.15, 0.2) is 4.99 Å². The Balaban J connectivity index is 1.75. The third-order valence-electron chi connectivity index (χ3n) is 5.04. The lowest BCUT2D eigenvalue weighted by Gasteiger charge is -2.26. The normalized spacial score (nSPS) is 27.0. The molecule has 2 saturated heterocycles. The molecule has 6 heteroatoms. The van der Waals surface area contributed by atoms with Gasteiger partial charge in [-0.1, -0.05) is 6.92 Å². The second-order valence-corrected chi connectivity index (χ2v) is 7.34. The van der Waals surface area contributed by atoms with Crippen molar-refractivity contribution in [1.29, 1.82) is 0 Å². The lowest BCUT2D eigenvalue weighted by Crippen LogP contribution is -2.47. The molecule has 2 aliphatic rings. The van der Waals surface area contributed by atoms with Crippen LogP contribution in [0.3, 0.4) is 0 Å². The Labute approximate surface area is 148 Å². The molecule has 2 fully saturated rings. The van der Waals surface area contributed by atoms with E-state index in [9.17, 15) is 0 Å². The zero-order chi connectivity index (χ0) is 17.4. The van der Waals surface area contributed by atoms with Gasteiger partial charge in [-0.3, -0.25) is 14.8 Å². The largest absolute Gasteiger partial charge is 0.379 e. The Morgan fingerprint density at radius 2 is 2.00 bits per heavy atom. The molecule has 0 saturated carbocycles. The molecule has 2 atom stereocenters. The Morgan fingerprint density at radius 3 is 2.62 bits per heavy atom. The number of hydrogen-bond donors (Lipinski definition) is 2. The molecule has 0 radical (unpaired) electrons. The minimum Gasteiger partial charge on any atom is -0.379 e. The van der Waals surface area contributed by atoms with E-state index in [-0.39, 0.29) is 0 Å². The highest BCUT2D eigenvalue weighted by molar-refractivity contribution is 5.80. The Hall–Kier alpha value is -0.850. The summed E-state index contributed by atoms with van der Waals surface area (Å²) in [6.45, 7) is 18.1. The van der Waals surface area contributed by atoms with Crippen molar-refractivity contribution in [1.82, 2.24) is 20.4 Å². The number of rotatable bonds is 7. The maximum absolute atomic E-state index is 5.39. The van der Waals surface area contributed by atoms with Crippen molar-refractivity contribution in [3.8, 4) is 0 Å². The van der Waals surface area contributed by atoms with Crippen LogP contribution in [-0.2, 0) is 4.74 Å². The average Bonchev–Trinajstić information content (AvgIpc) is 2.94. The van der Waals surface area contributed by atoms with Gasteiger partial charge in [0.15, 0.2) is 5.96 Å². The quantitative estimate of drug-likeness (QED) is 0.412. The van der Waals surface area contributed by atoms with Gasteiger partial charge in [0.25, 0.3) is 0 Å². The highest BCUT2D eigenvalue weighted by atomic mass is 16.5. The molecular weight excluding hydrogens is 302 g/mol. The molecule has 6 nitrogen and oxygen atoms in total. The third-order valence-corrected chi connectivity index (χ3v) is 5.04. The minimum atomic E-state index is 0.490. The summed E-state index contributed by atoms with van der Waals surface area (Å²) in [5, 5.41) is 7.05. The van der Waals surface area contributed by atoms with E-state index in [1.165, 1.54) is 6.54 Å². The van der Waals surface area contributed by atoms with Crippen LogP contribution in [0.25, 0.3) is 0 Å². The van der Waals surface area contributed by atoms with Gasteiger partial charge in [-0.25, -0.2) is 0 Å². The van der Waals surface area contributed by atoms with E-state index in [0.717, 1.165) is 64.9 Å². The van der Waals surface area contributed by atoms with Crippen LogP contribution in [0.4, 0.5) is 0 Å². The first-order valence-electron chi connectivity index (χ1n) is 9.69. The SMILES string of the molecule is CCNC(=NCCCN1CCOCC1)NC1CN(C(C)C)CC1C. The molecule has 0 aromatic rings. The Bertz CT molecular complexity index is 382. The predicted octanol–water partition coefficient (Wildman–Crippen LogP) is 0.993. The second-order valence-electron chi connectivity index (χ2n) is 7.34. The van der Waals surface area contributed by atoms with Crippen molar-refractivity contribution in [3.63, 3.8) is 0 Å². The number of morpholine rings is 1. The van der Waals surface area contributed by atoms with E-state index in [1.54, 1.807) is 0 Å². The first-order valence-corrected chi connectivity index (χ1v) is 9.69. The monoisotopic (exact) mass is 339 g/mol. The summed E-state index contributed by atoms with van der Waals surface area (Å²) in [5.41, 5.74) is 0. The lowest BCUT2D eigenvalue weighted by atomic mass is 10.1. The molecule has 2 unspecified atom stereocenters. The van der Waals surface area contributed by atoms with Crippen molar-refractivity contribution in [2.24, 2.45) is 10.9 Å². The van der Waals surface area contributed by atoms with Gasteiger partial charge in [0.05, 0.1) is 13.2 Å². The number of nitrogens with one attached hydrogen (secondary N) is 2. The van der Waals surface area contributed by atoms with Crippen molar-refractivity contribution in [3.05, 3.63) is 0 Å². The molecule has 0 aromatic heterocycles. The van der Waals surface area contributed by atoms with E-state index < -0.39 is 0 Å². The standard InChI is InChI=1S/C18H37N5O/c1-5-19-18(20-7-6-8-22-9-11-24-12-10-22)21-17-14-23(15(2)3)13-16(17)4/h15-17H,5-14H2,1-4H3,(H2,19,20,21). The number of guanidine groups is 1. The summed E-state index contributed by atoms with van der Waals surface area (Å²) in [6, 6.07) is 1.11. The van der Waals surface area contributed by atoms with Crippen LogP contribution in [-0.4, -0.2) is 86.9 Å². The maximum Gasteiger partial charge on any atom is 0.191 e. The first kappa shape index (κ1) is 19.5. The van der Waals surface area contributed by atoms with Gasteiger partial charge in [0, 0.05) is 57.9 Å². The minimum absolute atomic E-state index is 0.490. The average molecular weight is 340 g/mol. The molecule has 2 heterocycles. The summed E-state index contributed by atoms with van der Waals surface area (Å²) >= 11 is 0. The van der Waals surface area contributed by atoms with Crippen LogP contribution in [0.5, 0.6) is 0 Å². The predicted molar refractivity (Wildman–Crippen MR) is 101 cm³/mol. The molecule has 140 valence electrons. The van der Waals surface area contributed by atoms with Crippen LogP contribution in [0.1, 0.15) is 34.1 Å². The van der Waals surface area contributed by atoms with Crippen molar-refractivity contribution in [2.75, 3.05) is 59.0 Å². The molecule has 0 spiro atoms. The topological polar surface area (TPSA) is 52.1 Å². The van der Waals surface area contributed by atoms with Crippen molar-refractivity contribution < 1.29 is 4.74 Å². The summed E-state index contributed by atoms with van der Waals surface area (Å²) < 4.78 is 5.39. The van der Waals surface area contributed by atoms with Crippen molar-refractivity contribution >= 4 is 5.96 Å². The molecule has 2 N–H and O–H groups in total. The highest BCUT2D eigenvalue weighted by Gasteiger charge is 2.31. The molecule has 2 rings (SSSR count). The summed E-state index contributed by atoms with van der Waals surface area (Å²) in [7, 11) is 0. The fraction of sp³-hybridized carbons (Fsp3) is 0.944. The smallest absolute Gasteiger partial charge is 0.191 e. The van der Waals surface area contributed by atoms with Gasteiger partial charge in [-0.15, -0.1) is 0 Å². The van der Waals surface area contributed by atoms with E-state index in [4.69, 9.17) is 9.73 Å². The maximum atomic E-state index is 5.39. The third kappa shape index (κ3) is 6.22. The fourth-order valence-electron chi connectivity index (χ4n) is 3.42. The van der Waals surface area contributed by atoms with E-state index in [0.29, 0.717) is 18.0 Å². The Kier molecular flexibility index (Phi) is 8.29. The van der Waals surface area contributed by atoms with Gasteiger partial charge in [0.1, 0.15) is 0 Å². The van der Waals surface area contributed by atoms with Gasteiger partial charge in [-0.05, 0) is 33.1 Å². The van der Waals surface area contributed by atoms with Gasteiger partial charge < -0.3 is 15.4 Å². The van der Waals surface area contributed by atoms with Crippen molar-refractivity contribution in [2.45, 2.75) is 46.2 Å². The van der Waals surface area contributed by atoms with E-state index in [2.05, 4.69) is 48.1 Å². The van der Waals surface area contributed by atoms with Crippen LogP contribution in [0, 0.1) is 5.92 Å². The van der Waals surface area contributed by atoms with Crippen LogP contribution >= 0.6 is 0 Å². The number of nitrogens with zero attached hydrogens (tertiary/aromatic N) is 3.